The maximum absolute atomic E-state index is 12.2. The SMILES string of the molecule is CC(=O)Nc1ccc(CC(=O)Nc2ccc(CN3CCCC3)cc2)cc1. The fourth-order valence-electron chi connectivity index (χ4n) is 3.19. The normalized spacial score (nSPS) is 14.2. The van der Waals surface area contributed by atoms with Gasteiger partial charge in [-0.3, -0.25) is 14.5 Å². The van der Waals surface area contributed by atoms with Crippen LogP contribution < -0.4 is 10.6 Å². The van der Waals surface area contributed by atoms with Gasteiger partial charge in [0.2, 0.25) is 11.8 Å². The van der Waals surface area contributed by atoms with Crippen LogP contribution in [0.4, 0.5) is 11.4 Å². The molecule has 0 aliphatic carbocycles. The minimum Gasteiger partial charge on any atom is -0.326 e. The van der Waals surface area contributed by atoms with Crippen LogP contribution in [0.5, 0.6) is 0 Å². The second-order valence-electron chi connectivity index (χ2n) is 6.78. The largest absolute Gasteiger partial charge is 0.326 e. The summed E-state index contributed by atoms with van der Waals surface area (Å²) in [6, 6.07) is 15.4. The van der Waals surface area contributed by atoms with Crippen molar-refractivity contribution >= 4 is 23.2 Å². The van der Waals surface area contributed by atoms with Gasteiger partial charge in [0.15, 0.2) is 0 Å². The van der Waals surface area contributed by atoms with Crippen molar-refractivity contribution in [1.29, 1.82) is 0 Å². The highest BCUT2D eigenvalue weighted by Gasteiger charge is 2.11. The van der Waals surface area contributed by atoms with E-state index >= 15 is 0 Å². The van der Waals surface area contributed by atoms with E-state index in [0.717, 1.165) is 23.5 Å². The van der Waals surface area contributed by atoms with E-state index in [0.29, 0.717) is 6.42 Å². The van der Waals surface area contributed by atoms with Gasteiger partial charge < -0.3 is 10.6 Å². The zero-order chi connectivity index (χ0) is 18.4. The number of hydrogen-bond acceptors (Lipinski definition) is 3. The van der Waals surface area contributed by atoms with Crippen molar-refractivity contribution in [3.05, 3.63) is 59.7 Å². The summed E-state index contributed by atoms with van der Waals surface area (Å²) >= 11 is 0. The van der Waals surface area contributed by atoms with Crippen LogP contribution in [0.15, 0.2) is 48.5 Å². The number of rotatable bonds is 6. The highest BCUT2D eigenvalue weighted by Crippen LogP contribution is 2.16. The van der Waals surface area contributed by atoms with Crippen LogP contribution in [-0.4, -0.2) is 29.8 Å². The van der Waals surface area contributed by atoms with Crippen molar-refractivity contribution in [3.8, 4) is 0 Å². The van der Waals surface area contributed by atoms with Gasteiger partial charge in [-0.15, -0.1) is 0 Å². The van der Waals surface area contributed by atoms with E-state index in [1.165, 1.54) is 38.4 Å². The smallest absolute Gasteiger partial charge is 0.228 e. The molecule has 0 spiro atoms. The molecular weight excluding hydrogens is 326 g/mol. The average Bonchev–Trinajstić information content (AvgIpc) is 3.11. The second kappa shape index (κ2) is 8.63. The average molecular weight is 351 g/mol. The molecule has 1 saturated heterocycles. The summed E-state index contributed by atoms with van der Waals surface area (Å²) in [5.41, 5.74) is 3.73. The van der Waals surface area contributed by atoms with Crippen LogP contribution in [0.2, 0.25) is 0 Å². The van der Waals surface area contributed by atoms with Gasteiger partial charge in [0.1, 0.15) is 0 Å². The maximum atomic E-state index is 12.2. The molecule has 2 aromatic rings. The number of hydrogen-bond donors (Lipinski definition) is 2. The summed E-state index contributed by atoms with van der Waals surface area (Å²) in [6.45, 7) is 4.81. The van der Waals surface area contributed by atoms with Gasteiger partial charge in [-0.2, -0.15) is 0 Å². The Labute approximate surface area is 154 Å². The Hall–Kier alpha value is -2.66. The monoisotopic (exact) mass is 351 g/mol. The number of nitrogens with one attached hydrogen (secondary N) is 2. The van der Waals surface area contributed by atoms with E-state index in [2.05, 4.69) is 27.7 Å². The summed E-state index contributed by atoms with van der Waals surface area (Å²) in [5, 5.41) is 5.65. The third-order valence-corrected chi connectivity index (χ3v) is 4.48. The van der Waals surface area contributed by atoms with Crippen LogP contribution in [-0.2, 0) is 22.6 Å². The molecule has 136 valence electrons. The Morgan fingerprint density at radius 3 is 1.96 bits per heavy atom. The molecule has 0 bridgehead atoms. The fourth-order valence-corrected chi connectivity index (χ4v) is 3.19. The van der Waals surface area contributed by atoms with Crippen LogP contribution in [0.1, 0.15) is 30.9 Å². The van der Waals surface area contributed by atoms with Crippen molar-refractivity contribution < 1.29 is 9.59 Å². The van der Waals surface area contributed by atoms with Gasteiger partial charge in [0.05, 0.1) is 6.42 Å². The molecule has 0 unspecified atom stereocenters. The highest BCUT2D eigenvalue weighted by atomic mass is 16.2. The quantitative estimate of drug-likeness (QED) is 0.838. The van der Waals surface area contributed by atoms with Gasteiger partial charge in [-0.1, -0.05) is 24.3 Å². The Morgan fingerprint density at radius 1 is 0.846 bits per heavy atom. The van der Waals surface area contributed by atoms with Crippen LogP contribution in [0.25, 0.3) is 0 Å². The van der Waals surface area contributed by atoms with Crippen LogP contribution in [0.3, 0.4) is 0 Å². The molecule has 0 aromatic heterocycles. The number of amides is 2. The second-order valence-corrected chi connectivity index (χ2v) is 6.78. The molecule has 5 nitrogen and oxygen atoms in total. The number of anilines is 2. The van der Waals surface area contributed by atoms with Gasteiger partial charge >= 0.3 is 0 Å². The Bertz CT molecular complexity index is 748. The lowest BCUT2D eigenvalue weighted by Gasteiger charge is -2.14. The maximum Gasteiger partial charge on any atom is 0.228 e. The van der Waals surface area contributed by atoms with Crippen LogP contribution in [0, 0.1) is 0 Å². The predicted molar refractivity (Wildman–Crippen MR) is 104 cm³/mol. The third kappa shape index (κ3) is 5.43. The van der Waals surface area contributed by atoms with E-state index in [9.17, 15) is 9.59 Å². The van der Waals surface area contributed by atoms with Gasteiger partial charge in [0, 0.05) is 24.8 Å². The first-order chi connectivity index (χ1) is 12.6. The van der Waals surface area contributed by atoms with E-state index in [-0.39, 0.29) is 11.8 Å². The molecule has 0 saturated carbocycles. The molecule has 5 heteroatoms. The van der Waals surface area contributed by atoms with Crippen molar-refractivity contribution in [2.24, 2.45) is 0 Å². The van der Waals surface area contributed by atoms with Gasteiger partial charge in [-0.25, -0.2) is 0 Å². The summed E-state index contributed by atoms with van der Waals surface area (Å²) in [6.07, 6.45) is 2.88. The number of nitrogens with zero attached hydrogens (tertiary/aromatic N) is 1. The number of likely N-dealkylation sites (tertiary alicyclic amines) is 1. The molecule has 0 radical (unpaired) electrons. The lowest BCUT2D eigenvalue weighted by molar-refractivity contribution is -0.116. The summed E-state index contributed by atoms with van der Waals surface area (Å²) < 4.78 is 0. The molecule has 1 heterocycles. The summed E-state index contributed by atoms with van der Waals surface area (Å²) in [4.78, 5) is 25.7. The zero-order valence-electron chi connectivity index (χ0n) is 15.1. The Kier molecular flexibility index (Phi) is 6.02. The standard InChI is InChI=1S/C21H25N3O2/c1-16(25)22-19-8-4-17(5-9-19)14-21(26)23-20-10-6-18(7-11-20)15-24-12-2-3-13-24/h4-11H,2-3,12-15H2,1H3,(H,22,25)(H,23,26). The van der Waals surface area contributed by atoms with E-state index in [1.54, 1.807) is 12.1 Å². The molecule has 1 aliphatic heterocycles. The molecular formula is C21H25N3O2. The molecule has 1 aliphatic rings. The van der Waals surface area contributed by atoms with Crippen LogP contribution >= 0.6 is 0 Å². The number of carbonyl (C=O) groups excluding carboxylic acids is 2. The van der Waals surface area contributed by atoms with Crippen molar-refractivity contribution in [3.63, 3.8) is 0 Å². The Morgan fingerprint density at radius 2 is 1.38 bits per heavy atom. The minimum absolute atomic E-state index is 0.0513. The van der Waals surface area contributed by atoms with Crippen molar-refractivity contribution in [1.82, 2.24) is 4.90 Å². The van der Waals surface area contributed by atoms with Gasteiger partial charge in [-0.05, 0) is 61.3 Å². The topological polar surface area (TPSA) is 61.4 Å². The molecule has 2 N–H and O–H groups in total. The molecule has 2 aromatic carbocycles. The first kappa shape index (κ1) is 18.1. The first-order valence-electron chi connectivity index (χ1n) is 9.06. The van der Waals surface area contributed by atoms with E-state index in [1.807, 2.05) is 24.3 Å². The lowest BCUT2D eigenvalue weighted by Crippen LogP contribution is -2.18. The van der Waals surface area contributed by atoms with E-state index in [4.69, 9.17) is 0 Å². The first-order valence-corrected chi connectivity index (χ1v) is 9.06. The van der Waals surface area contributed by atoms with E-state index < -0.39 is 0 Å². The summed E-state index contributed by atoms with van der Waals surface area (Å²) in [5.74, 6) is -0.159. The zero-order valence-corrected chi connectivity index (χ0v) is 15.1. The van der Waals surface area contributed by atoms with Gasteiger partial charge in [0.25, 0.3) is 0 Å². The molecule has 26 heavy (non-hydrogen) atoms. The molecule has 1 fully saturated rings. The molecule has 2 amide bonds. The highest BCUT2D eigenvalue weighted by molar-refractivity contribution is 5.92. The van der Waals surface area contributed by atoms with Crippen molar-refractivity contribution in [2.75, 3.05) is 23.7 Å². The Balaban J connectivity index is 1.50. The third-order valence-electron chi connectivity index (χ3n) is 4.48. The fraction of sp³-hybridized carbons (Fsp3) is 0.333. The minimum atomic E-state index is -0.108. The predicted octanol–water partition coefficient (Wildman–Crippen LogP) is 3.42. The molecule has 3 rings (SSSR count). The number of carbonyl (C=O) groups is 2. The number of benzene rings is 2. The summed E-state index contributed by atoms with van der Waals surface area (Å²) in [7, 11) is 0. The molecule has 0 atom stereocenters. The lowest BCUT2D eigenvalue weighted by atomic mass is 10.1. The van der Waals surface area contributed by atoms with Crippen molar-refractivity contribution in [2.45, 2.75) is 32.7 Å².